The maximum absolute atomic E-state index is 12.9. The molecule has 0 radical (unpaired) electrons. The van der Waals surface area contributed by atoms with Crippen LogP contribution in [-0.4, -0.2) is 63.2 Å². The minimum atomic E-state index is -0.293. The van der Waals surface area contributed by atoms with E-state index >= 15 is 0 Å². The van der Waals surface area contributed by atoms with E-state index in [-0.39, 0.29) is 30.2 Å². The van der Waals surface area contributed by atoms with Gasteiger partial charge in [-0.25, -0.2) is 15.4 Å². The number of carbonyl (C=O) groups is 1. The monoisotopic (exact) mass is 449 g/mol. The summed E-state index contributed by atoms with van der Waals surface area (Å²) in [7, 11) is 5.19. The zero-order valence-electron chi connectivity index (χ0n) is 18.7. The molecule has 1 amide bonds. The molecule has 33 heavy (non-hydrogen) atoms. The smallest absolute Gasteiger partial charge is 0.244 e. The predicted octanol–water partition coefficient (Wildman–Crippen LogP) is 1.02. The number of aryl methyl sites for hydroxylation is 1. The lowest BCUT2D eigenvalue weighted by Gasteiger charge is -2.39. The molecule has 2 aliphatic heterocycles. The molecule has 4 atom stereocenters. The highest BCUT2D eigenvalue weighted by molar-refractivity contribution is 5.83. The molecule has 4 unspecified atom stereocenters. The van der Waals surface area contributed by atoms with E-state index < -0.39 is 0 Å². The standard InChI is InChI=1S/C22H27N9O2/c1-30-12-24-20(28-30)13-7-6-8-14(19(13)33-3)25-15-11-17(26-16-9-4-5-10-23-16)27-21-18(15)22(32)31(2)29-21/h4-10,12,15,17-18,21,25,27,29H,11H2,1-3H3,(H,23,26). The Morgan fingerprint density at radius 1 is 1.12 bits per heavy atom. The zero-order chi connectivity index (χ0) is 22.9. The molecule has 11 heteroatoms. The number of piperidine rings is 1. The Labute approximate surface area is 191 Å². The number of nitrogens with one attached hydrogen (secondary N) is 4. The first-order valence-corrected chi connectivity index (χ1v) is 10.8. The van der Waals surface area contributed by atoms with E-state index in [2.05, 4.69) is 36.4 Å². The molecule has 2 aliphatic rings. The zero-order valence-corrected chi connectivity index (χ0v) is 18.7. The van der Waals surface area contributed by atoms with E-state index in [1.54, 1.807) is 36.4 Å². The molecule has 1 aromatic carbocycles. The normalized spacial score (nSPS) is 24.5. The molecule has 2 fully saturated rings. The summed E-state index contributed by atoms with van der Waals surface area (Å²) in [6.07, 6.45) is 3.72. The van der Waals surface area contributed by atoms with Crippen LogP contribution >= 0.6 is 0 Å². The fraction of sp³-hybridized carbons (Fsp3) is 0.364. The predicted molar refractivity (Wildman–Crippen MR) is 123 cm³/mol. The van der Waals surface area contributed by atoms with Gasteiger partial charge in [0.2, 0.25) is 5.91 Å². The van der Waals surface area contributed by atoms with Crippen molar-refractivity contribution >= 4 is 17.4 Å². The van der Waals surface area contributed by atoms with Crippen molar-refractivity contribution in [1.29, 1.82) is 0 Å². The van der Waals surface area contributed by atoms with Gasteiger partial charge in [-0.15, -0.1) is 0 Å². The van der Waals surface area contributed by atoms with Gasteiger partial charge < -0.3 is 15.4 Å². The largest absolute Gasteiger partial charge is 0.494 e. The molecule has 5 rings (SSSR count). The molecule has 0 aliphatic carbocycles. The number of rotatable bonds is 6. The Kier molecular flexibility index (Phi) is 5.56. The van der Waals surface area contributed by atoms with Gasteiger partial charge in [-0.2, -0.15) is 5.10 Å². The van der Waals surface area contributed by atoms with Crippen molar-refractivity contribution in [1.82, 2.24) is 35.5 Å². The molecular weight excluding hydrogens is 422 g/mol. The van der Waals surface area contributed by atoms with E-state index in [0.29, 0.717) is 18.0 Å². The highest BCUT2D eigenvalue weighted by atomic mass is 16.5. The van der Waals surface area contributed by atoms with Gasteiger partial charge in [0.25, 0.3) is 0 Å². The summed E-state index contributed by atoms with van der Waals surface area (Å²) in [5, 5.41) is 16.5. The van der Waals surface area contributed by atoms with Gasteiger partial charge in [-0.1, -0.05) is 12.1 Å². The number of nitrogens with zero attached hydrogens (tertiary/aromatic N) is 5. The highest BCUT2D eigenvalue weighted by Gasteiger charge is 2.48. The third-order valence-electron chi connectivity index (χ3n) is 6.00. The number of para-hydroxylation sites is 1. The third-order valence-corrected chi connectivity index (χ3v) is 6.00. The fourth-order valence-electron chi connectivity index (χ4n) is 4.53. The lowest BCUT2D eigenvalue weighted by molar-refractivity contribution is -0.131. The number of aromatic nitrogens is 4. The van der Waals surface area contributed by atoms with Crippen LogP contribution < -0.4 is 26.1 Å². The molecule has 0 bridgehead atoms. The molecule has 0 spiro atoms. The van der Waals surface area contributed by atoms with E-state index in [4.69, 9.17) is 4.74 Å². The van der Waals surface area contributed by atoms with Crippen LogP contribution in [0.3, 0.4) is 0 Å². The summed E-state index contributed by atoms with van der Waals surface area (Å²) >= 11 is 0. The van der Waals surface area contributed by atoms with E-state index in [1.165, 1.54) is 0 Å². The second-order valence-electron chi connectivity index (χ2n) is 8.22. The summed E-state index contributed by atoms with van der Waals surface area (Å²) in [5.41, 5.74) is 4.79. The van der Waals surface area contributed by atoms with Gasteiger partial charge in [0.05, 0.1) is 36.6 Å². The number of hydrazine groups is 1. The molecule has 2 saturated heterocycles. The van der Waals surface area contributed by atoms with Crippen molar-refractivity contribution in [2.45, 2.75) is 24.8 Å². The first-order chi connectivity index (χ1) is 16.0. The first kappa shape index (κ1) is 21.2. The highest BCUT2D eigenvalue weighted by Crippen LogP contribution is 2.37. The molecular formula is C22H27N9O2. The van der Waals surface area contributed by atoms with Gasteiger partial charge in [-0.3, -0.25) is 19.8 Å². The van der Waals surface area contributed by atoms with Gasteiger partial charge in [0, 0.05) is 32.8 Å². The quantitative estimate of drug-likeness (QED) is 0.437. The lowest BCUT2D eigenvalue weighted by Crippen LogP contribution is -2.60. The van der Waals surface area contributed by atoms with Crippen LogP contribution in [0, 0.1) is 5.92 Å². The number of anilines is 2. The molecule has 172 valence electrons. The van der Waals surface area contributed by atoms with Gasteiger partial charge in [0.1, 0.15) is 12.1 Å². The Morgan fingerprint density at radius 3 is 2.73 bits per heavy atom. The number of pyridine rings is 1. The van der Waals surface area contributed by atoms with Crippen LogP contribution in [-0.2, 0) is 11.8 Å². The topological polar surface area (TPSA) is 121 Å². The van der Waals surface area contributed by atoms with Crippen LogP contribution in [0.25, 0.3) is 11.4 Å². The number of amides is 1. The molecule has 3 aromatic rings. The van der Waals surface area contributed by atoms with Crippen molar-refractivity contribution in [2.75, 3.05) is 24.8 Å². The minimum absolute atomic E-state index is 0.0304. The number of fused-ring (bicyclic) bond motifs is 1. The Morgan fingerprint density at radius 2 is 2.00 bits per heavy atom. The number of hydrogen-bond donors (Lipinski definition) is 4. The van der Waals surface area contributed by atoms with Crippen molar-refractivity contribution in [2.24, 2.45) is 13.0 Å². The van der Waals surface area contributed by atoms with Crippen LogP contribution in [0.2, 0.25) is 0 Å². The second-order valence-corrected chi connectivity index (χ2v) is 8.22. The summed E-state index contributed by atoms with van der Waals surface area (Å²) in [6, 6.07) is 11.4. The Balaban J connectivity index is 1.44. The Hall–Kier alpha value is -3.70. The molecule has 0 saturated carbocycles. The fourth-order valence-corrected chi connectivity index (χ4v) is 4.53. The molecule has 2 aromatic heterocycles. The van der Waals surface area contributed by atoms with Gasteiger partial charge >= 0.3 is 0 Å². The summed E-state index contributed by atoms with van der Waals surface area (Å²) in [5.74, 6) is 1.72. The van der Waals surface area contributed by atoms with Gasteiger partial charge in [0.15, 0.2) is 11.6 Å². The van der Waals surface area contributed by atoms with Crippen LogP contribution in [0.4, 0.5) is 11.5 Å². The number of benzene rings is 1. The number of hydrogen-bond acceptors (Lipinski definition) is 9. The Bertz CT molecular complexity index is 1140. The van der Waals surface area contributed by atoms with Crippen LogP contribution in [0.1, 0.15) is 6.42 Å². The maximum Gasteiger partial charge on any atom is 0.244 e. The van der Waals surface area contributed by atoms with Gasteiger partial charge in [-0.05, 0) is 24.3 Å². The second kappa shape index (κ2) is 8.68. The van der Waals surface area contributed by atoms with Crippen molar-refractivity contribution in [3.05, 3.63) is 48.9 Å². The molecule has 4 N–H and O–H groups in total. The van der Waals surface area contributed by atoms with Crippen LogP contribution in [0.15, 0.2) is 48.9 Å². The minimum Gasteiger partial charge on any atom is -0.494 e. The number of carbonyl (C=O) groups excluding carboxylic acids is 1. The number of ether oxygens (including phenoxy) is 1. The first-order valence-electron chi connectivity index (χ1n) is 10.8. The number of methoxy groups -OCH3 is 1. The molecule has 4 heterocycles. The maximum atomic E-state index is 12.9. The van der Waals surface area contributed by atoms with Crippen molar-refractivity contribution in [3.8, 4) is 17.1 Å². The van der Waals surface area contributed by atoms with Crippen molar-refractivity contribution in [3.63, 3.8) is 0 Å². The van der Waals surface area contributed by atoms with E-state index in [0.717, 1.165) is 17.1 Å². The summed E-state index contributed by atoms with van der Waals surface area (Å²) in [4.78, 5) is 21.7. The van der Waals surface area contributed by atoms with Crippen LogP contribution in [0.5, 0.6) is 5.75 Å². The summed E-state index contributed by atoms with van der Waals surface area (Å²) in [6.45, 7) is 0. The summed E-state index contributed by atoms with van der Waals surface area (Å²) < 4.78 is 7.41. The average Bonchev–Trinajstić information content (AvgIpc) is 3.37. The average molecular weight is 450 g/mol. The van der Waals surface area contributed by atoms with Crippen molar-refractivity contribution < 1.29 is 9.53 Å². The lowest BCUT2D eigenvalue weighted by atomic mass is 9.88. The SMILES string of the molecule is COc1c(NC2CC(Nc3ccccn3)NC3NN(C)C(=O)C23)cccc1-c1ncn(C)n1. The van der Waals surface area contributed by atoms with E-state index in [9.17, 15) is 4.79 Å². The molecule has 11 nitrogen and oxygen atoms in total. The van der Waals surface area contributed by atoms with E-state index in [1.807, 2.05) is 43.4 Å². The third kappa shape index (κ3) is 4.08.